The first-order chi connectivity index (χ1) is 9.50. The van der Waals surface area contributed by atoms with Crippen LogP contribution in [0.4, 0.5) is 13.2 Å². The van der Waals surface area contributed by atoms with Crippen molar-refractivity contribution in [1.29, 1.82) is 0 Å². The van der Waals surface area contributed by atoms with E-state index in [0.717, 1.165) is 30.5 Å². The Balaban J connectivity index is 2.00. The summed E-state index contributed by atoms with van der Waals surface area (Å²) in [5.74, 6) is 6.14. The molecule has 3 N–H and O–H groups in total. The first-order valence-corrected chi connectivity index (χ1v) is 7.13. The van der Waals surface area contributed by atoms with Gasteiger partial charge in [0.25, 0.3) is 0 Å². The van der Waals surface area contributed by atoms with Gasteiger partial charge in [-0.15, -0.1) is 0 Å². The van der Waals surface area contributed by atoms with E-state index in [1.54, 1.807) is 12.1 Å². The van der Waals surface area contributed by atoms with Crippen molar-refractivity contribution in [3.63, 3.8) is 0 Å². The van der Waals surface area contributed by atoms with Crippen LogP contribution in [-0.4, -0.2) is 6.04 Å². The molecule has 1 aromatic carbocycles. The minimum Gasteiger partial charge on any atom is -0.271 e. The number of hydrogen-bond acceptors (Lipinski definition) is 2. The van der Waals surface area contributed by atoms with Crippen molar-refractivity contribution in [3.8, 4) is 0 Å². The average Bonchev–Trinajstić information content (AvgIpc) is 2.45. The highest BCUT2D eigenvalue weighted by Crippen LogP contribution is 2.30. The SMILES string of the molecule is NNC(Cc1ccc(C(F)(F)F)cc1)C1CCCCC1. The molecule has 1 fully saturated rings. The molecule has 2 rings (SSSR count). The van der Waals surface area contributed by atoms with Crippen molar-refractivity contribution in [2.45, 2.75) is 50.7 Å². The molecule has 0 heterocycles. The van der Waals surface area contributed by atoms with E-state index in [1.807, 2.05) is 0 Å². The van der Waals surface area contributed by atoms with E-state index in [0.29, 0.717) is 12.3 Å². The summed E-state index contributed by atoms with van der Waals surface area (Å²) in [7, 11) is 0. The highest BCUT2D eigenvalue weighted by molar-refractivity contribution is 5.25. The molecule has 1 aliphatic rings. The molecule has 0 saturated heterocycles. The van der Waals surface area contributed by atoms with Gasteiger partial charge in [-0.25, -0.2) is 0 Å². The quantitative estimate of drug-likeness (QED) is 0.655. The lowest BCUT2D eigenvalue weighted by Gasteiger charge is -2.29. The Labute approximate surface area is 117 Å². The Hall–Kier alpha value is -1.07. The van der Waals surface area contributed by atoms with Crippen molar-refractivity contribution in [1.82, 2.24) is 5.43 Å². The third-order valence-electron chi connectivity index (χ3n) is 4.17. The molecule has 20 heavy (non-hydrogen) atoms. The largest absolute Gasteiger partial charge is 0.416 e. The lowest BCUT2D eigenvalue weighted by molar-refractivity contribution is -0.137. The molecule has 0 spiro atoms. The summed E-state index contributed by atoms with van der Waals surface area (Å²) in [5.41, 5.74) is 3.14. The first kappa shape index (κ1) is 15.3. The van der Waals surface area contributed by atoms with Crippen molar-refractivity contribution in [2.75, 3.05) is 0 Å². The predicted molar refractivity (Wildman–Crippen MR) is 72.8 cm³/mol. The molecule has 1 unspecified atom stereocenters. The molecule has 0 bridgehead atoms. The second-order valence-electron chi connectivity index (χ2n) is 5.57. The molecule has 2 nitrogen and oxygen atoms in total. The van der Waals surface area contributed by atoms with Crippen LogP contribution in [0.1, 0.15) is 43.2 Å². The number of halogens is 3. The maximum atomic E-state index is 12.5. The lowest BCUT2D eigenvalue weighted by Crippen LogP contribution is -2.43. The molecule has 1 atom stereocenters. The van der Waals surface area contributed by atoms with Gasteiger partial charge < -0.3 is 0 Å². The number of benzene rings is 1. The molecule has 0 amide bonds. The fraction of sp³-hybridized carbons (Fsp3) is 0.600. The Morgan fingerprint density at radius 2 is 1.70 bits per heavy atom. The van der Waals surface area contributed by atoms with Crippen molar-refractivity contribution >= 4 is 0 Å². The van der Waals surface area contributed by atoms with Gasteiger partial charge in [0.2, 0.25) is 0 Å². The van der Waals surface area contributed by atoms with Crippen LogP contribution in [0.5, 0.6) is 0 Å². The van der Waals surface area contributed by atoms with E-state index in [9.17, 15) is 13.2 Å². The molecular formula is C15H21F3N2. The van der Waals surface area contributed by atoms with Crippen molar-refractivity contribution < 1.29 is 13.2 Å². The van der Waals surface area contributed by atoms with Gasteiger partial charge in [-0.1, -0.05) is 31.4 Å². The van der Waals surface area contributed by atoms with Crippen molar-refractivity contribution in [2.24, 2.45) is 11.8 Å². The molecule has 0 aliphatic heterocycles. The van der Waals surface area contributed by atoms with Crippen LogP contribution in [0.3, 0.4) is 0 Å². The number of alkyl halides is 3. The molecule has 0 radical (unpaired) electrons. The number of rotatable bonds is 4. The predicted octanol–water partition coefficient (Wildman–Crippen LogP) is 3.66. The highest BCUT2D eigenvalue weighted by atomic mass is 19.4. The van der Waals surface area contributed by atoms with Gasteiger partial charge in [-0.2, -0.15) is 13.2 Å². The Morgan fingerprint density at radius 1 is 1.10 bits per heavy atom. The van der Waals surface area contributed by atoms with Gasteiger partial charge >= 0.3 is 6.18 Å². The standard InChI is InChI=1S/C15H21F3N2/c16-15(17,18)13-8-6-11(7-9-13)10-14(20-19)12-4-2-1-3-5-12/h6-9,12,14,20H,1-5,10,19H2. The van der Waals surface area contributed by atoms with E-state index >= 15 is 0 Å². The number of hydrogen-bond donors (Lipinski definition) is 2. The van der Waals surface area contributed by atoms with Gasteiger partial charge in [0, 0.05) is 6.04 Å². The van der Waals surface area contributed by atoms with Crippen molar-refractivity contribution in [3.05, 3.63) is 35.4 Å². The Kier molecular flexibility index (Phi) is 5.05. The third-order valence-corrected chi connectivity index (χ3v) is 4.17. The highest BCUT2D eigenvalue weighted by Gasteiger charge is 2.30. The van der Waals surface area contributed by atoms with Crippen LogP contribution in [0.2, 0.25) is 0 Å². The zero-order valence-electron chi connectivity index (χ0n) is 11.4. The van der Waals surface area contributed by atoms with E-state index < -0.39 is 11.7 Å². The average molecular weight is 286 g/mol. The summed E-state index contributed by atoms with van der Waals surface area (Å²) in [5, 5.41) is 0. The number of nitrogens with one attached hydrogen (secondary N) is 1. The minimum absolute atomic E-state index is 0.145. The van der Waals surface area contributed by atoms with E-state index in [1.165, 1.54) is 19.3 Å². The van der Waals surface area contributed by atoms with Gasteiger partial charge in [-0.05, 0) is 42.9 Å². The smallest absolute Gasteiger partial charge is 0.271 e. The molecule has 1 aliphatic carbocycles. The maximum Gasteiger partial charge on any atom is 0.416 e. The summed E-state index contributed by atoms with van der Waals surface area (Å²) >= 11 is 0. The summed E-state index contributed by atoms with van der Waals surface area (Å²) in [4.78, 5) is 0. The Morgan fingerprint density at radius 3 is 2.20 bits per heavy atom. The second kappa shape index (κ2) is 6.59. The zero-order chi connectivity index (χ0) is 14.6. The zero-order valence-corrected chi connectivity index (χ0v) is 11.4. The Bertz CT molecular complexity index is 408. The monoisotopic (exact) mass is 286 g/mol. The van der Waals surface area contributed by atoms with Crippen LogP contribution >= 0.6 is 0 Å². The third kappa shape index (κ3) is 3.96. The van der Waals surface area contributed by atoms with Gasteiger partial charge in [0.1, 0.15) is 0 Å². The summed E-state index contributed by atoms with van der Waals surface area (Å²) in [6.07, 6.45) is 2.41. The molecule has 1 aromatic rings. The molecule has 112 valence electrons. The van der Waals surface area contributed by atoms with Crippen LogP contribution in [0.15, 0.2) is 24.3 Å². The van der Waals surface area contributed by atoms with Crippen LogP contribution in [0.25, 0.3) is 0 Å². The van der Waals surface area contributed by atoms with Gasteiger partial charge in [0.05, 0.1) is 5.56 Å². The first-order valence-electron chi connectivity index (χ1n) is 7.13. The summed E-state index contributed by atoms with van der Waals surface area (Å²) in [6.45, 7) is 0. The summed E-state index contributed by atoms with van der Waals surface area (Å²) < 4.78 is 37.5. The fourth-order valence-corrected chi connectivity index (χ4v) is 2.98. The lowest BCUT2D eigenvalue weighted by atomic mass is 9.82. The normalized spacial score (nSPS) is 19.0. The minimum atomic E-state index is -4.27. The van der Waals surface area contributed by atoms with Crippen LogP contribution < -0.4 is 11.3 Å². The van der Waals surface area contributed by atoms with E-state index in [2.05, 4.69) is 5.43 Å². The van der Waals surface area contributed by atoms with Gasteiger partial charge in [-0.3, -0.25) is 11.3 Å². The number of hydrazine groups is 1. The maximum absolute atomic E-state index is 12.5. The fourth-order valence-electron chi connectivity index (χ4n) is 2.98. The van der Waals surface area contributed by atoms with E-state index in [-0.39, 0.29) is 6.04 Å². The number of nitrogens with two attached hydrogens (primary N) is 1. The van der Waals surface area contributed by atoms with E-state index in [4.69, 9.17) is 5.84 Å². The molecular weight excluding hydrogens is 265 g/mol. The second-order valence-corrected chi connectivity index (χ2v) is 5.57. The topological polar surface area (TPSA) is 38.0 Å². The summed E-state index contributed by atoms with van der Waals surface area (Å²) in [6, 6.07) is 5.53. The molecule has 1 saturated carbocycles. The molecule has 0 aromatic heterocycles. The van der Waals surface area contributed by atoms with Crippen LogP contribution in [-0.2, 0) is 12.6 Å². The van der Waals surface area contributed by atoms with Gasteiger partial charge in [0.15, 0.2) is 0 Å². The molecule has 5 heteroatoms. The van der Waals surface area contributed by atoms with Crippen LogP contribution in [0, 0.1) is 5.92 Å².